The Kier molecular flexibility index (Phi) is 4.49. The molecule has 3 nitrogen and oxygen atoms in total. The zero-order valence-corrected chi connectivity index (χ0v) is 13.5. The van der Waals surface area contributed by atoms with Gasteiger partial charge in [0, 0.05) is 5.02 Å². The highest BCUT2D eigenvalue weighted by Gasteiger charge is 2.32. The maximum atomic E-state index is 12.5. The molecule has 0 fully saturated rings. The first-order valence-electron chi connectivity index (χ1n) is 7.36. The Hall–Kier alpha value is -2.08. The van der Waals surface area contributed by atoms with Crippen molar-refractivity contribution in [2.75, 3.05) is 0 Å². The summed E-state index contributed by atoms with van der Waals surface area (Å²) in [6.45, 7) is 1.91. The SMILES string of the molecule is CC1Cc2ccc(OC(F)(F)F)cc2C(c2ccc(Cl)cc2)N=N1. The number of fused-ring (bicyclic) bond motifs is 1. The van der Waals surface area contributed by atoms with Crippen molar-refractivity contribution in [1.82, 2.24) is 0 Å². The molecule has 2 atom stereocenters. The summed E-state index contributed by atoms with van der Waals surface area (Å²) in [6, 6.07) is 10.8. The third kappa shape index (κ3) is 3.87. The van der Waals surface area contributed by atoms with E-state index in [1.165, 1.54) is 12.1 Å². The third-order valence-corrected chi connectivity index (χ3v) is 3.98. The molecular weight excluding hydrogens is 341 g/mol. The molecule has 0 N–H and O–H groups in total. The van der Waals surface area contributed by atoms with Gasteiger partial charge in [0.25, 0.3) is 0 Å². The first-order valence-corrected chi connectivity index (χ1v) is 7.73. The average molecular weight is 355 g/mol. The van der Waals surface area contributed by atoms with E-state index in [-0.39, 0.29) is 11.8 Å². The van der Waals surface area contributed by atoms with Crippen LogP contribution in [0.4, 0.5) is 13.2 Å². The van der Waals surface area contributed by atoms with Crippen LogP contribution in [-0.2, 0) is 6.42 Å². The number of rotatable bonds is 2. The minimum absolute atomic E-state index is 0.0459. The van der Waals surface area contributed by atoms with Gasteiger partial charge in [-0.25, -0.2) is 0 Å². The van der Waals surface area contributed by atoms with Crippen LogP contribution in [0.15, 0.2) is 52.7 Å². The number of halogens is 4. The fourth-order valence-electron chi connectivity index (χ4n) is 2.70. The van der Waals surface area contributed by atoms with Crippen molar-refractivity contribution >= 4 is 11.6 Å². The van der Waals surface area contributed by atoms with Crippen molar-refractivity contribution in [2.45, 2.75) is 31.8 Å². The van der Waals surface area contributed by atoms with E-state index in [0.717, 1.165) is 11.1 Å². The van der Waals surface area contributed by atoms with Crippen LogP contribution in [-0.4, -0.2) is 12.4 Å². The zero-order chi connectivity index (χ0) is 17.3. The summed E-state index contributed by atoms with van der Waals surface area (Å²) in [5.74, 6) is -0.259. The van der Waals surface area contributed by atoms with Gasteiger partial charge in [0.1, 0.15) is 11.8 Å². The maximum Gasteiger partial charge on any atom is 0.573 e. The number of alkyl halides is 3. The molecule has 0 saturated heterocycles. The molecule has 1 heterocycles. The van der Waals surface area contributed by atoms with E-state index in [2.05, 4.69) is 15.0 Å². The van der Waals surface area contributed by atoms with Crippen molar-refractivity contribution in [1.29, 1.82) is 0 Å². The third-order valence-electron chi connectivity index (χ3n) is 3.73. The molecule has 2 aromatic carbocycles. The highest BCUT2D eigenvalue weighted by atomic mass is 35.5. The minimum atomic E-state index is -4.73. The van der Waals surface area contributed by atoms with Gasteiger partial charge in [-0.15, -0.1) is 13.2 Å². The van der Waals surface area contributed by atoms with Gasteiger partial charge in [0.15, 0.2) is 0 Å². The van der Waals surface area contributed by atoms with Gasteiger partial charge in [0.2, 0.25) is 0 Å². The maximum absolute atomic E-state index is 12.5. The summed E-state index contributed by atoms with van der Waals surface area (Å²) in [6.07, 6.45) is -4.13. The largest absolute Gasteiger partial charge is 0.573 e. The van der Waals surface area contributed by atoms with E-state index in [4.69, 9.17) is 11.6 Å². The first-order chi connectivity index (χ1) is 11.3. The minimum Gasteiger partial charge on any atom is -0.406 e. The Labute approximate surface area is 142 Å². The summed E-state index contributed by atoms with van der Waals surface area (Å²) in [7, 11) is 0. The van der Waals surface area contributed by atoms with Crippen molar-refractivity contribution in [3.8, 4) is 5.75 Å². The molecule has 0 radical (unpaired) electrons. The van der Waals surface area contributed by atoms with Gasteiger partial charge in [-0.2, -0.15) is 10.2 Å². The van der Waals surface area contributed by atoms with E-state index >= 15 is 0 Å². The number of ether oxygens (including phenoxy) is 1. The van der Waals surface area contributed by atoms with E-state index < -0.39 is 12.4 Å². The van der Waals surface area contributed by atoms with Crippen LogP contribution in [0.25, 0.3) is 0 Å². The molecule has 126 valence electrons. The normalized spacial score (nSPS) is 20.4. The Morgan fingerprint density at radius 2 is 1.79 bits per heavy atom. The Morgan fingerprint density at radius 1 is 1.08 bits per heavy atom. The van der Waals surface area contributed by atoms with Crippen LogP contribution in [0.3, 0.4) is 0 Å². The van der Waals surface area contributed by atoms with Crippen LogP contribution in [0.5, 0.6) is 5.75 Å². The van der Waals surface area contributed by atoms with Crippen LogP contribution in [0, 0.1) is 0 Å². The highest BCUT2D eigenvalue weighted by Crippen LogP contribution is 2.36. The standard InChI is InChI=1S/C17H14ClF3N2O/c1-10-8-12-4-7-14(24-17(19,20)21)9-15(12)16(23-22-10)11-2-5-13(18)6-3-11/h2-7,9-10,16H,8H2,1H3. The molecule has 0 bridgehead atoms. The van der Waals surface area contributed by atoms with E-state index in [9.17, 15) is 13.2 Å². The van der Waals surface area contributed by atoms with Crippen LogP contribution < -0.4 is 4.74 Å². The summed E-state index contributed by atoms with van der Waals surface area (Å²) in [4.78, 5) is 0. The second-order valence-corrected chi connectivity index (χ2v) is 6.08. The summed E-state index contributed by atoms with van der Waals surface area (Å²) in [5, 5.41) is 9.16. The Morgan fingerprint density at radius 3 is 2.46 bits per heavy atom. The van der Waals surface area contributed by atoms with Crippen molar-refractivity contribution < 1.29 is 17.9 Å². The molecule has 2 unspecified atom stereocenters. The molecule has 3 rings (SSSR count). The lowest BCUT2D eigenvalue weighted by Gasteiger charge is -2.17. The fourth-order valence-corrected chi connectivity index (χ4v) is 2.83. The molecular formula is C17H14ClF3N2O. The average Bonchev–Trinajstić information content (AvgIpc) is 2.65. The molecule has 2 aromatic rings. The monoisotopic (exact) mass is 354 g/mol. The molecule has 1 aliphatic heterocycles. The lowest BCUT2D eigenvalue weighted by molar-refractivity contribution is -0.274. The van der Waals surface area contributed by atoms with Crippen LogP contribution in [0.2, 0.25) is 5.02 Å². The van der Waals surface area contributed by atoms with Gasteiger partial charge in [-0.05, 0) is 54.3 Å². The molecule has 0 spiro atoms. The topological polar surface area (TPSA) is 34.0 Å². The van der Waals surface area contributed by atoms with E-state index in [0.29, 0.717) is 17.0 Å². The Balaban J connectivity index is 2.06. The lowest BCUT2D eigenvalue weighted by atomic mass is 9.92. The van der Waals surface area contributed by atoms with Crippen LogP contribution in [0.1, 0.15) is 29.7 Å². The second-order valence-electron chi connectivity index (χ2n) is 5.65. The molecule has 1 aliphatic rings. The molecule has 0 amide bonds. The molecule has 0 saturated carbocycles. The van der Waals surface area contributed by atoms with Gasteiger partial charge < -0.3 is 4.74 Å². The summed E-state index contributed by atoms with van der Waals surface area (Å²) >= 11 is 5.91. The quantitative estimate of drug-likeness (QED) is 0.678. The summed E-state index contributed by atoms with van der Waals surface area (Å²) in [5.41, 5.74) is 2.37. The highest BCUT2D eigenvalue weighted by molar-refractivity contribution is 6.30. The number of nitrogens with zero attached hydrogens (tertiary/aromatic N) is 2. The number of azo groups is 1. The first kappa shape index (κ1) is 16.8. The molecule has 24 heavy (non-hydrogen) atoms. The van der Waals surface area contributed by atoms with Gasteiger partial charge in [0.05, 0.1) is 6.04 Å². The summed E-state index contributed by atoms with van der Waals surface area (Å²) < 4.78 is 41.5. The zero-order valence-electron chi connectivity index (χ0n) is 12.7. The van der Waals surface area contributed by atoms with Gasteiger partial charge in [-0.3, -0.25) is 0 Å². The molecule has 7 heteroatoms. The smallest absolute Gasteiger partial charge is 0.406 e. The van der Waals surface area contributed by atoms with Gasteiger partial charge >= 0.3 is 6.36 Å². The molecule has 0 aromatic heterocycles. The number of hydrogen-bond donors (Lipinski definition) is 0. The number of hydrogen-bond acceptors (Lipinski definition) is 3. The van der Waals surface area contributed by atoms with E-state index in [1.807, 2.05) is 6.92 Å². The van der Waals surface area contributed by atoms with Crippen molar-refractivity contribution in [3.63, 3.8) is 0 Å². The fraction of sp³-hybridized carbons (Fsp3) is 0.294. The van der Waals surface area contributed by atoms with E-state index in [1.54, 1.807) is 30.3 Å². The number of benzene rings is 2. The van der Waals surface area contributed by atoms with Crippen LogP contribution >= 0.6 is 11.6 Å². The predicted molar refractivity (Wildman–Crippen MR) is 84.4 cm³/mol. The molecule has 0 aliphatic carbocycles. The Bertz CT molecular complexity index is 759. The van der Waals surface area contributed by atoms with Gasteiger partial charge in [-0.1, -0.05) is 29.8 Å². The van der Waals surface area contributed by atoms with Crippen molar-refractivity contribution in [2.24, 2.45) is 10.2 Å². The lowest BCUT2D eigenvalue weighted by Crippen LogP contribution is -2.17. The second kappa shape index (κ2) is 6.43. The predicted octanol–water partition coefficient (Wildman–Crippen LogP) is 5.72. The van der Waals surface area contributed by atoms with Crippen molar-refractivity contribution in [3.05, 3.63) is 64.2 Å².